The van der Waals surface area contributed by atoms with Crippen LogP contribution in [0.2, 0.25) is 0 Å². The van der Waals surface area contributed by atoms with E-state index in [1.807, 2.05) is 103 Å². The quantitative estimate of drug-likeness (QED) is 0.142. The Hall–Kier alpha value is -7.72. The molecule has 2 aliphatic heterocycles. The molecule has 0 radical (unpaired) electrons. The van der Waals surface area contributed by atoms with Crippen LogP contribution in [0.3, 0.4) is 0 Å². The molecule has 4 aromatic heterocycles. The minimum absolute atomic E-state index is 0.0602. The van der Waals surface area contributed by atoms with Crippen molar-refractivity contribution in [3.8, 4) is 22.8 Å². The molecule has 3 aliphatic carbocycles. The number of aromatic nitrogens is 4. The Morgan fingerprint density at radius 1 is 0.518 bits per heavy atom. The molecule has 262 valence electrons. The Bertz CT molecular complexity index is 3260. The van der Waals surface area contributed by atoms with Crippen molar-refractivity contribution in [2.45, 2.75) is 11.3 Å². The van der Waals surface area contributed by atoms with Crippen LogP contribution < -0.4 is 26.5 Å². The first-order valence-corrected chi connectivity index (χ1v) is 18.4. The number of ketones is 1. The summed E-state index contributed by atoms with van der Waals surface area (Å²) in [5.74, 6) is -0.308. The maximum atomic E-state index is 14.8. The van der Waals surface area contributed by atoms with Crippen LogP contribution in [-0.4, -0.2) is 30.8 Å². The van der Waals surface area contributed by atoms with Crippen LogP contribution in [-0.2, 0) is 16.1 Å². The molecule has 2 spiro atoms. The lowest BCUT2D eigenvalue weighted by Crippen LogP contribution is -2.45. The van der Waals surface area contributed by atoms with Gasteiger partial charge in [-0.3, -0.25) is 24.7 Å². The molecule has 4 aromatic carbocycles. The zero-order valence-electron chi connectivity index (χ0n) is 29.3. The summed E-state index contributed by atoms with van der Waals surface area (Å²) in [6.45, 7) is 0. The number of rotatable bonds is 1. The normalized spacial score (nSPS) is 17.7. The van der Waals surface area contributed by atoms with Gasteiger partial charge in [-0.05, 0) is 47.2 Å². The Balaban J connectivity index is 1.04. The largest absolute Gasteiger partial charge is 0.506 e. The second-order valence-electron chi connectivity index (χ2n) is 14.7. The molecule has 13 rings (SSSR count). The minimum atomic E-state index is -1.04. The molecule has 10 nitrogen and oxygen atoms in total. The van der Waals surface area contributed by atoms with Crippen LogP contribution in [0.5, 0.6) is 0 Å². The summed E-state index contributed by atoms with van der Waals surface area (Å²) in [6, 6.07) is 35.8. The Morgan fingerprint density at radius 3 is 1.77 bits per heavy atom. The third kappa shape index (κ3) is 3.43. The third-order valence-corrected chi connectivity index (χ3v) is 12.0. The van der Waals surface area contributed by atoms with Gasteiger partial charge in [0.1, 0.15) is 5.76 Å². The second-order valence-corrected chi connectivity index (χ2v) is 14.7. The van der Waals surface area contributed by atoms with Crippen molar-refractivity contribution in [1.29, 1.82) is 0 Å². The fourth-order valence-electron chi connectivity index (χ4n) is 9.71. The van der Waals surface area contributed by atoms with Crippen molar-refractivity contribution in [3.05, 3.63) is 178 Å². The monoisotopic (exact) mass is 722 g/mol. The first kappa shape index (κ1) is 29.7. The number of aliphatic hydroxyl groups is 1. The summed E-state index contributed by atoms with van der Waals surface area (Å²) in [5, 5.41) is 28.8. The summed E-state index contributed by atoms with van der Waals surface area (Å²) >= 11 is 0. The molecule has 5 aliphatic rings. The van der Waals surface area contributed by atoms with Gasteiger partial charge in [0.05, 0.1) is 50.7 Å². The van der Waals surface area contributed by atoms with Crippen LogP contribution in [0.15, 0.2) is 145 Å². The molecule has 0 unspecified atom stereocenters. The zero-order chi connectivity index (χ0) is 36.9. The molecule has 0 fully saturated rings. The molecule has 10 heteroatoms. The number of allylic oxidation sites excluding steroid dienone is 2. The number of nitrogens with one attached hydrogen (secondary N) is 3. The number of benzene rings is 4. The van der Waals surface area contributed by atoms with Gasteiger partial charge in [-0.2, -0.15) is 0 Å². The summed E-state index contributed by atoms with van der Waals surface area (Å²) in [6.07, 6.45) is 7.08. The number of nitrogens with zero attached hydrogens (tertiary/aromatic N) is 5. The fourth-order valence-corrected chi connectivity index (χ4v) is 9.71. The molecule has 0 bridgehead atoms. The van der Waals surface area contributed by atoms with Gasteiger partial charge in [0.25, 0.3) is 0 Å². The first-order chi connectivity index (χ1) is 27.6. The van der Waals surface area contributed by atoms with Crippen LogP contribution >= 0.6 is 0 Å². The van der Waals surface area contributed by atoms with E-state index >= 15 is 0 Å². The van der Waals surface area contributed by atoms with Crippen LogP contribution in [0, 0.1) is 0 Å². The molecule has 0 saturated heterocycles. The lowest BCUT2D eigenvalue weighted by Gasteiger charge is -2.41. The number of carbonyl (C=O) groups is 1. The van der Waals surface area contributed by atoms with Gasteiger partial charge in [-0.15, -0.1) is 0 Å². The molecule has 0 atom stereocenters. The van der Waals surface area contributed by atoms with E-state index in [0.29, 0.717) is 10.8 Å². The highest BCUT2D eigenvalue weighted by atomic mass is 16.3. The highest BCUT2D eigenvalue weighted by molar-refractivity contribution is 6.52. The van der Waals surface area contributed by atoms with Crippen LogP contribution in [0.4, 0.5) is 17.1 Å². The van der Waals surface area contributed by atoms with Crippen molar-refractivity contribution in [3.63, 3.8) is 0 Å². The third-order valence-electron chi connectivity index (χ3n) is 12.0. The number of anilines is 3. The molecule has 6 heterocycles. The number of hydrogen-bond donors (Lipinski definition) is 4. The fraction of sp³-hybridized carbons (Fsp3) is 0.0435. The van der Waals surface area contributed by atoms with Crippen LogP contribution in [0.25, 0.3) is 55.5 Å². The summed E-state index contributed by atoms with van der Waals surface area (Å²) < 4.78 is 0. The van der Waals surface area contributed by atoms with Gasteiger partial charge in [0.15, 0.2) is 11.3 Å². The molecule has 0 saturated carbocycles. The standard InChI is InChI=1S/C46H26N8O2/c55-43-35(25-17-15-23-7-1-13-31-33(23)37(25)53-45(51-31)27-9-3-19-47-39(27)40-28(45)10-4-20-48-40)44(56)36(43)26-18-16-24-8-2-14-32-34(24)38(26)54-46(52-32)29-11-5-21-49-41(29)42-30(46)12-6-22-50-42/h1-22,51,53-55H/b36-26+. The Kier molecular flexibility index (Phi) is 5.34. The van der Waals surface area contributed by atoms with Gasteiger partial charge < -0.3 is 21.1 Å². The maximum absolute atomic E-state index is 14.8. The van der Waals surface area contributed by atoms with Crippen molar-refractivity contribution in [2.24, 2.45) is 4.99 Å². The van der Waals surface area contributed by atoms with Gasteiger partial charge in [-0.25, -0.2) is 4.99 Å². The van der Waals surface area contributed by atoms with E-state index in [0.717, 1.165) is 89.0 Å². The van der Waals surface area contributed by atoms with E-state index in [-0.39, 0.29) is 22.7 Å². The predicted molar refractivity (Wildman–Crippen MR) is 214 cm³/mol. The first-order valence-electron chi connectivity index (χ1n) is 18.4. The highest BCUT2D eigenvalue weighted by Crippen LogP contribution is 2.55. The van der Waals surface area contributed by atoms with E-state index in [1.54, 1.807) is 24.8 Å². The van der Waals surface area contributed by atoms with Gasteiger partial charge in [0.2, 0.25) is 5.78 Å². The number of fused-ring (bicyclic) bond motifs is 10. The average molecular weight is 723 g/mol. The van der Waals surface area contributed by atoms with Crippen molar-refractivity contribution in [2.75, 3.05) is 16.0 Å². The molecular weight excluding hydrogens is 697 g/mol. The maximum Gasteiger partial charge on any atom is 0.201 e. The van der Waals surface area contributed by atoms with Gasteiger partial charge >= 0.3 is 0 Å². The number of pyridine rings is 4. The molecular formula is C46H26N8O2. The number of Topliss-reactive ketones (excluding diaryl/α,β-unsaturated/α-hetero) is 1. The lowest BCUT2D eigenvalue weighted by molar-refractivity contribution is -0.109. The van der Waals surface area contributed by atoms with E-state index in [4.69, 9.17) is 24.9 Å². The smallest absolute Gasteiger partial charge is 0.201 e. The zero-order valence-corrected chi connectivity index (χ0v) is 29.3. The molecule has 8 aromatic rings. The van der Waals surface area contributed by atoms with Crippen molar-refractivity contribution in [1.82, 2.24) is 19.9 Å². The average Bonchev–Trinajstić information content (AvgIpc) is 3.66. The molecule has 0 amide bonds. The Labute approximate surface area is 317 Å². The minimum Gasteiger partial charge on any atom is -0.506 e. The Morgan fingerprint density at radius 2 is 1.11 bits per heavy atom. The summed E-state index contributed by atoms with van der Waals surface area (Å²) in [7, 11) is 0. The summed E-state index contributed by atoms with van der Waals surface area (Å²) in [4.78, 5) is 39.1. The van der Waals surface area contributed by atoms with Crippen LogP contribution in [0.1, 0.15) is 27.8 Å². The predicted octanol–water partition coefficient (Wildman–Crippen LogP) is 6.92. The topological polar surface area (TPSA) is 137 Å². The van der Waals surface area contributed by atoms with Crippen molar-refractivity contribution < 1.29 is 9.90 Å². The second kappa shape index (κ2) is 10.1. The van der Waals surface area contributed by atoms with E-state index in [9.17, 15) is 9.90 Å². The number of hydrogen-bond acceptors (Lipinski definition) is 10. The van der Waals surface area contributed by atoms with Gasteiger partial charge in [-0.1, -0.05) is 72.8 Å². The van der Waals surface area contributed by atoms with E-state index in [1.165, 1.54) is 0 Å². The lowest BCUT2D eigenvalue weighted by atomic mass is 9.79. The number of aliphatic hydroxyl groups excluding tert-OH is 1. The van der Waals surface area contributed by atoms with E-state index in [2.05, 4.69) is 22.0 Å². The van der Waals surface area contributed by atoms with Gasteiger partial charge in [0, 0.05) is 74.3 Å². The summed E-state index contributed by atoms with van der Waals surface area (Å²) in [5.41, 5.74) is 8.21. The highest BCUT2D eigenvalue weighted by Gasteiger charge is 2.50. The number of carbonyl (C=O) groups excluding carboxylic acids is 1. The van der Waals surface area contributed by atoms with Crippen molar-refractivity contribution >= 4 is 55.5 Å². The molecule has 56 heavy (non-hydrogen) atoms. The van der Waals surface area contributed by atoms with E-state index < -0.39 is 11.3 Å². The molecule has 4 N–H and O–H groups in total. The SMILES string of the molecule is O=C1C(c2ccc3cccc4c3c2NC2(N4)c3cccnc3-c3ncccc32)=C(O)/C1=c1/ccc2cccc3c2c1NC1(N=3)c2cccnc2-c2ncccc21.